The number of methoxy groups -OCH3 is 1. The smallest absolute Gasteiger partial charge is 0.132 e. The highest BCUT2D eigenvalue weighted by molar-refractivity contribution is 5.54. The van der Waals surface area contributed by atoms with Gasteiger partial charge in [-0.25, -0.2) is 0 Å². The van der Waals surface area contributed by atoms with Crippen LogP contribution in [-0.4, -0.2) is 24.9 Å². The predicted octanol–water partition coefficient (Wildman–Crippen LogP) is 6.84. The first-order chi connectivity index (χ1) is 16.7. The maximum Gasteiger partial charge on any atom is 0.132 e. The van der Waals surface area contributed by atoms with Crippen LogP contribution in [0.25, 0.3) is 0 Å². The molecule has 0 saturated heterocycles. The van der Waals surface area contributed by atoms with Crippen molar-refractivity contribution in [3.8, 4) is 11.5 Å². The third-order valence-corrected chi connectivity index (χ3v) is 6.27. The monoisotopic (exact) mass is 475 g/mol. The number of benzene rings is 3. The van der Waals surface area contributed by atoms with Gasteiger partial charge in [-0.1, -0.05) is 42.0 Å². The molecule has 0 bridgehead atoms. The van der Waals surface area contributed by atoms with Gasteiger partial charge in [-0.3, -0.25) is 0 Å². The second kappa shape index (κ2) is 10.7. The van der Waals surface area contributed by atoms with Crippen molar-refractivity contribution >= 4 is 5.69 Å². The summed E-state index contributed by atoms with van der Waals surface area (Å²) in [6, 6.07) is 22.7. The summed E-state index contributed by atoms with van der Waals surface area (Å²) in [5, 5.41) is 3.53. The van der Waals surface area contributed by atoms with E-state index in [9.17, 15) is 0 Å². The van der Waals surface area contributed by atoms with Crippen LogP contribution >= 0.6 is 0 Å². The zero-order chi connectivity index (χ0) is 25.0. The van der Waals surface area contributed by atoms with E-state index in [4.69, 9.17) is 18.9 Å². The Bertz CT molecular complexity index is 1110. The van der Waals surface area contributed by atoms with Crippen LogP contribution in [0.15, 0.2) is 66.7 Å². The first-order valence-electron chi connectivity index (χ1n) is 12.3. The van der Waals surface area contributed by atoms with Crippen molar-refractivity contribution in [3.05, 3.63) is 89.0 Å². The SMILES string of the molecule is COc1ccc(CNc2ccc3c(c2)C(OC(C)C)C(OCc2ccc(C)cc2)C(C)(C)O3)cc1. The van der Waals surface area contributed by atoms with Crippen molar-refractivity contribution < 1.29 is 18.9 Å². The number of hydrogen-bond acceptors (Lipinski definition) is 5. The maximum atomic E-state index is 6.50. The molecule has 0 fully saturated rings. The van der Waals surface area contributed by atoms with Crippen LogP contribution < -0.4 is 14.8 Å². The van der Waals surface area contributed by atoms with Gasteiger partial charge in [0, 0.05) is 17.8 Å². The number of fused-ring (bicyclic) bond motifs is 1. The lowest BCUT2D eigenvalue weighted by Gasteiger charge is -2.45. The summed E-state index contributed by atoms with van der Waals surface area (Å²) in [6.07, 6.45) is -0.472. The van der Waals surface area contributed by atoms with Crippen LogP contribution in [0.2, 0.25) is 0 Å². The Morgan fingerprint density at radius 3 is 2.29 bits per heavy atom. The molecule has 3 aromatic carbocycles. The number of rotatable bonds is 9. The molecule has 35 heavy (non-hydrogen) atoms. The Morgan fingerprint density at radius 2 is 1.63 bits per heavy atom. The lowest BCUT2D eigenvalue weighted by atomic mass is 9.87. The molecule has 5 heteroatoms. The molecule has 0 aliphatic carbocycles. The van der Waals surface area contributed by atoms with E-state index < -0.39 is 5.60 Å². The molecule has 1 aliphatic rings. The summed E-state index contributed by atoms with van der Waals surface area (Å²) in [5.41, 5.74) is 5.02. The third kappa shape index (κ3) is 6.16. The van der Waals surface area contributed by atoms with E-state index in [1.807, 2.05) is 18.2 Å². The molecule has 0 radical (unpaired) electrons. The Balaban J connectivity index is 1.56. The van der Waals surface area contributed by atoms with Gasteiger partial charge in [-0.15, -0.1) is 0 Å². The zero-order valence-corrected chi connectivity index (χ0v) is 21.6. The number of aryl methyl sites for hydroxylation is 1. The summed E-state index contributed by atoms with van der Waals surface area (Å²) in [4.78, 5) is 0. The van der Waals surface area contributed by atoms with Gasteiger partial charge in [0.05, 0.1) is 19.8 Å². The van der Waals surface area contributed by atoms with Crippen molar-refractivity contribution in [2.45, 2.75) is 71.7 Å². The molecular formula is C30H37NO4. The molecule has 0 spiro atoms. The number of nitrogens with one attached hydrogen (secondary N) is 1. The second-order valence-corrected chi connectivity index (χ2v) is 9.98. The minimum Gasteiger partial charge on any atom is -0.497 e. The molecule has 0 aromatic heterocycles. The van der Waals surface area contributed by atoms with Crippen LogP contribution in [-0.2, 0) is 22.6 Å². The molecule has 4 rings (SSSR count). The highest BCUT2D eigenvalue weighted by Crippen LogP contribution is 2.45. The summed E-state index contributed by atoms with van der Waals surface area (Å²) in [7, 11) is 1.68. The van der Waals surface area contributed by atoms with Crippen molar-refractivity contribution in [3.63, 3.8) is 0 Å². The van der Waals surface area contributed by atoms with Crippen LogP contribution in [0.5, 0.6) is 11.5 Å². The van der Waals surface area contributed by atoms with E-state index in [0.717, 1.165) is 28.3 Å². The largest absolute Gasteiger partial charge is 0.497 e. The van der Waals surface area contributed by atoms with Gasteiger partial charge in [-0.2, -0.15) is 0 Å². The van der Waals surface area contributed by atoms with Gasteiger partial charge < -0.3 is 24.3 Å². The second-order valence-electron chi connectivity index (χ2n) is 9.98. The van der Waals surface area contributed by atoms with E-state index in [-0.39, 0.29) is 18.3 Å². The fourth-order valence-corrected chi connectivity index (χ4v) is 4.39. The Kier molecular flexibility index (Phi) is 7.68. The van der Waals surface area contributed by atoms with Gasteiger partial charge in [0.25, 0.3) is 0 Å². The number of hydrogen-bond donors (Lipinski definition) is 1. The molecule has 1 N–H and O–H groups in total. The van der Waals surface area contributed by atoms with Crippen LogP contribution in [0.1, 0.15) is 56.1 Å². The molecule has 0 saturated carbocycles. The van der Waals surface area contributed by atoms with Gasteiger partial charge in [0.1, 0.15) is 29.3 Å². The highest BCUT2D eigenvalue weighted by Gasteiger charge is 2.46. The number of ether oxygens (including phenoxy) is 4. The Hall–Kier alpha value is -3.02. The lowest BCUT2D eigenvalue weighted by molar-refractivity contribution is -0.177. The van der Waals surface area contributed by atoms with Gasteiger partial charge in [0.15, 0.2) is 0 Å². The lowest BCUT2D eigenvalue weighted by Crippen LogP contribution is -2.51. The highest BCUT2D eigenvalue weighted by atomic mass is 16.6. The molecule has 1 heterocycles. The molecule has 3 aromatic rings. The molecular weight excluding hydrogens is 438 g/mol. The normalized spacial score (nSPS) is 18.6. The summed E-state index contributed by atoms with van der Waals surface area (Å²) in [5.74, 6) is 1.69. The predicted molar refractivity (Wildman–Crippen MR) is 140 cm³/mol. The van der Waals surface area contributed by atoms with Gasteiger partial charge >= 0.3 is 0 Å². The van der Waals surface area contributed by atoms with Crippen molar-refractivity contribution in [1.82, 2.24) is 0 Å². The van der Waals surface area contributed by atoms with E-state index in [0.29, 0.717) is 13.2 Å². The minimum absolute atomic E-state index is 0.0446. The fraction of sp³-hybridized carbons (Fsp3) is 0.400. The minimum atomic E-state index is -0.546. The Morgan fingerprint density at radius 1 is 0.943 bits per heavy atom. The van der Waals surface area contributed by atoms with Gasteiger partial charge in [0.2, 0.25) is 0 Å². The topological polar surface area (TPSA) is 49.0 Å². The summed E-state index contributed by atoms with van der Waals surface area (Å²) >= 11 is 0. The van der Waals surface area contributed by atoms with E-state index >= 15 is 0 Å². The average Bonchev–Trinajstić information content (AvgIpc) is 2.83. The van der Waals surface area contributed by atoms with E-state index in [2.05, 4.69) is 88.5 Å². The van der Waals surface area contributed by atoms with E-state index in [1.165, 1.54) is 11.1 Å². The van der Waals surface area contributed by atoms with Crippen molar-refractivity contribution in [1.29, 1.82) is 0 Å². The molecule has 1 aliphatic heterocycles. The Labute approximate surface area is 209 Å². The van der Waals surface area contributed by atoms with Gasteiger partial charge in [-0.05, 0) is 76.1 Å². The van der Waals surface area contributed by atoms with E-state index in [1.54, 1.807) is 7.11 Å². The number of anilines is 1. The average molecular weight is 476 g/mol. The zero-order valence-electron chi connectivity index (χ0n) is 21.6. The quantitative estimate of drug-likeness (QED) is 0.367. The fourth-order valence-electron chi connectivity index (χ4n) is 4.39. The molecule has 186 valence electrons. The van der Waals surface area contributed by atoms with Crippen molar-refractivity contribution in [2.24, 2.45) is 0 Å². The first kappa shape index (κ1) is 25.1. The molecule has 5 nitrogen and oxygen atoms in total. The summed E-state index contributed by atoms with van der Waals surface area (Å²) in [6.45, 7) is 11.6. The molecule has 0 amide bonds. The third-order valence-electron chi connectivity index (χ3n) is 6.27. The maximum absolute atomic E-state index is 6.50. The molecule has 2 atom stereocenters. The first-order valence-corrected chi connectivity index (χ1v) is 12.3. The van der Waals surface area contributed by atoms with Crippen LogP contribution in [0.4, 0.5) is 5.69 Å². The van der Waals surface area contributed by atoms with Crippen molar-refractivity contribution in [2.75, 3.05) is 12.4 Å². The van der Waals surface area contributed by atoms with Crippen LogP contribution in [0, 0.1) is 6.92 Å². The summed E-state index contributed by atoms with van der Waals surface area (Å²) < 4.78 is 24.7. The van der Waals surface area contributed by atoms with Crippen LogP contribution in [0.3, 0.4) is 0 Å². The standard InChI is InChI=1S/C30H37NO4/c1-20(2)34-28-26-17-24(31-18-22-11-14-25(32-6)15-12-22)13-16-27(26)35-30(4,5)29(28)33-19-23-9-7-21(3)8-10-23/h7-17,20,28-29,31H,18-19H2,1-6H3. The molecule has 2 unspecified atom stereocenters.